The summed E-state index contributed by atoms with van der Waals surface area (Å²) >= 11 is 0. The van der Waals surface area contributed by atoms with Crippen molar-refractivity contribution in [2.24, 2.45) is 0 Å². The van der Waals surface area contributed by atoms with Crippen molar-refractivity contribution in [2.45, 2.75) is 46.4 Å². The average Bonchev–Trinajstić information content (AvgIpc) is 2.95. The zero-order chi connectivity index (χ0) is 15.9. The van der Waals surface area contributed by atoms with E-state index >= 15 is 0 Å². The van der Waals surface area contributed by atoms with Gasteiger partial charge in [0.05, 0.1) is 13.1 Å². The fraction of sp³-hybridized carbons (Fsp3) is 0.412. The van der Waals surface area contributed by atoms with E-state index in [2.05, 4.69) is 4.98 Å². The van der Waals surface area contributed by atoms with Gasteiger partial charge in [0.15, 0.2) is 0 Å². The van der Waals surface area contributed by atoms with Crippen molar-refractivity contribution in [2.75, 3.05) is 0 Å². The van der Waals surface area contributed by atoms with Gasteiger partial charge in [-0.15, -0.1) is 0 Å². The molecule has 1 aromatic carbocycles. The minimum Gasteiger partial charge on any atom is -0.444 e. The van der Waals surface area contributed by atoms with E-state index in [9.17, 15) is 4.79 Å². The van der Waals surface area contributed by atoms with Gasteiger partial charge in [0.25, 0.3) is 0 Å². The molecule has 2 heterocycles. The summed E-state index contributed by atoms with van der Waals surface area (Å²) in [6, 6.07) is 8.03. The molecule has 5 nitrogen and oxygen atoms in total. The first-order valence-corrected chi connectivity index (χ1v) is 7.35. The van der Waals surface area contributed by atoms with Crippen LogP contribution in [0.4, 0.5) is 4.79 Å². The molecular weight excluding hydrogens is 280 g/mol. The molecule has 5 heteroatoms. The van der Waals surface area contributed by atoms with E-state index in [0.29, 0.717) is 19.0 Å². The van der Waals surface area contributed by atoms with Gasteiger partial charge in [0.1, 0.15) is 17.1 Å². The van der Waals surface area contributed by atoms with Crippen LogP contribution in [-0.4, -0.2) is 21.6 Å². The SMILES string of the molecule is Cc1ccc(-c2nc3c(o2)CN(C(=O)OC(C)(C)C)C3)cc1. The average molecular weight is 300 g/mol. The smallest absolute Gasteiger partial charge is 0.411 e. The van der Waals surface area contributed by atoms with Crippen LogP contribution in [0.15, 0.2) is 28.7 Å². The summed E-state index contributed by atoms with van der Waals surface area (Å²) in [5, 5.41) is 0. The normalized spacial score (nSPS) is 14.1. The third-order valence-electron chi connectivity index (χ3n) is 3.40. The van der Waals surface area contributed by atoms with E-state index in [-0.39, 0.29) is 6.09 Å². The molecule has 0 fully saturated rings. The molecule has 0 unspecified atom stereocenters. The van der Waals surface area contributed by atoms with Crippen LogP contribution in [-0.2, 0) is 17.8 Å². The summed E-state index contributed by atoms with van der Waals surface area (Å²) in [5.41, 5.74) is 2.45. The molecule has 0 saturated carbocycles. The number of carbonyl (C=O) groups excluding carboxylic acids is 1. The Labute approximate surface area is 129 Å². The Morgan fingerprint density at radius 1 is 1.23 bits per heavy atom. The molecular formula is C17H20N2O3. The highest BCUT2D eigenvalue weighted by Crippen LogP contribution is 2.29. The number of amides is 1. The number of aryl methyl sites for hydroxylation is 1. The molecule has 2 aromatic rings. The Kier molecular flexibility index (Phi) is 3.43. The summed E-state index contributed by atoms with van der Waals surface area (Å²) in [6.45, 7) is 8.44. The molecule has 3 rings (SSSR count). The van der Waals surface area contributed by atoms with Gasteiger partial charge >= 0.3 is 6.09 Å². The molecule has 116 valence electrons. The number of hydrogen-bond acceptors (Lipinski definition) is 4. The van der Waals surface area contributed by atoms with Crippen molar-refractivity contribution in [3.05, 3.63) is 41.3 Å². The quantitative estimate of drug-likeness (QED) is 0.801. The highest BCUT2D eigenvalue weighted by atomic mass is 16.6. The van der Waals surface area contributed by atoms with Crippen molar-refractivity contribution in [1.29, 1.82) is 0 Å². The fourth-order valence-corrected chi connectivity index (χ4v) is 2.32. The lowest BCUT2D eigenvalue weighted by atomic mass is 10.1. The van der Waals surface area contributed by atoms with Crippen LogP contribution in [0.3, 0.4) is 0 Å². The van der Waals surface area contributed by atoms with Gasteiger partial charge in [-0.1, -0.05) is 17.7 Å². The standard InChI is InChI=1S/C17H20N2O3/c1-11-5-7-12(8-6-11)15-18-13-9-19(10-14(13)21-15)16(20)22-17(2,3)4/h5-8H,9-10H2,1-4H3. The first-order chi connectivity index (χ1) is 10.3. The molecule has 0 radical (unpaired) electrons. The molecule has 22 heavy (non-hydrogen) atoms. The molecule has 1 aromatic heterocycles. The topological polar surface area (TPSA) is 55.6 Å². The number of oxazole rings is 1. The number of carbonyl (C=O) groups is 1. The number of benzene rings is 1. The maximum atomic E-state index is 12.1. The van der Waals surface area contributed by atoms with Gasteiger partial charge in [-0.2, -0.15) is 0 Å². The monoisotopic (exact) mass is 300 g/mol. The molecule has 0 N–H and O–H groups in total. The van der Waals surface area contributed by atoms with Gasteiger partial charge in [-0.3, -0.25) is 4.90 Å². The van der Waals surface area contributed by atoms with E-state index in [4.69, 9.17) is 9.15 Å². The molecule has 1 amide bonds. The zero-order valence-electron chi connectivity index (χ0n) is 13.3. The van der Waals surface area contributed by atoms with Gasteiger partial charge in [0.2, 0.25) is 5.89 Å². The third kappa shape index (κ3) is 2.98. The maximum absolute atomic E-state index is 12.1. The minimum absolute atomic E-state index is 0.336. The second kappa shape index (κ2) is 5.16. The van der Waals surface area contributed by atoms with Gasteiger partial charge in [-0.25, -0.2) is 9.78 Å². The Morgan fingerprint density at radius 2 is 1.91 bits per heavy atom. The number of nitrogens with zero attached hydrogens (tertiary/aromatic N) is 2. The van der Waals surface area contributed by atoms with Crippen LogP contribution in [0.5, 0.6) is 0 Å². The van der Waals surface area contributed by atoms with E-state index in [1.165, 1.54) is 5.56 Å². The first-order valence-electron chi connectivity index (χ1n) is 7.35. The Bertz CT molecular complexity index is 672. The molecule has 0 spiro atoms. The highest BCUT2D eigenvalue weighted by Gasteiger charge is 2.31. The summed E-state index contributed by atoms with van der Waals surface area (Å²) in [4.78, 5) is 18.2. The summed E-state index contributed by atoms with van der Waals surface area (Å²) in [6.07, 6.45) is -0.336. The number of aromatic nitrogens is 1. The van der Waals surface area contributed by atoms with Gasteiger partial charge in [0, 0.05) is 5.56 Å². The molecule has 0 aliphatic carbocycles. The van der Waals surface area contributed by atoms with Crippen LogP contribution in [0.1, 0.15) is 37.8 Å². The lowest BCUT2D eigenvalue weighted by Gasteiger charge is -2.23. The zero-order valence-corrected chi connectivity index (χ0v) is 13.3. The van der Waals surface area contributed by atoms with Gasteiger partial charge < -0.3 is 9.15 Å². The minimum atomic E-state index is -0.499. The maximum Gasteiger partial charge on any atom is 0.411 e. The predicted molar refractivity (Wildman–Crippen MR) is 82.2 cm³/mol. The number of hydrogen-bond donors (Lipinski definition) is 0. The van der Waals surface area contributed by atoms with Crippen molar-refractivity contribution in [3.8, 4) is 11.5 Å². The van der Waals surface area contributed by atoms with Crippen LogP contribution >= 0.6 is 0 Å². The van der Waals surface area contributed by atoms with Crippen molar-refractivity contribution < 1.29 is 13.9 Å². The van der Waals surface area contributed by atoms with Crippen molar-refractivity contribution in [1.82, 2.24) is 9.88 Å². The molecule has 1 aliphatic heterocycles. The van der Waals surface area contributed by atoms with Crippen LogP contribution in [0.2, 0.25) is 0 Å². The van der Waals surface area contributed by atoms with Crippen molar-refractivity contribution in [3.63, 3.8) is 0 Å². The number of fused-ring (bicyclic) bond motifs is 1. The van der Waals surface area contributed by atoms with Crippen molar-refractivity contribution >= 4 is 6.09 Å². The Balaban J connectivity index is 1.73. The molecule has 0 saturated heterocycles. The third-order valence-corrected chi connectivity index (χ3v) is 3.40. The molecule has 0 bridgehead atoms. The second-order valence-corrected chi connectivity index (χ2v) is 6.59. The summed E-state index contributed by atoms with van der Waals surface area (Å²) < 4.78 is 11.2. The predicted octanol–water partition coefficient (Wildman–Crippen LogP) is 3.90. The Hall–Kier alpha value is -2.30. The Morgan fingerprint density at radius 3 is 2.50 bits per heavy atom. The number of rotatable bonds is 1. The van der Waals surface area contributed by atoms with E-state index < -0.39 is 5.60 Å². The second-order valence-electron chi connectivity index (χ2n) is 6.59. The van der Waals surface area contributed by atoms with E-state index in [1.807, 2.05) is 52.0 Å². The first kappa shape index (κ1) is 14.6. The molecule has 0 atom stereocenters. The van der Waals surface area contributed by atoms with Gasteiger partial charge in [-0.05, 0) is 39.8 Å². The van der Waals surface area contributed by atoms with Crippen LogP contribution in [0.25, 0.3) is 11.5 Å². The van der Waals surface area contributed by atoms with E-state index in [1.54, 1.807) is 4.90 Å². The van der Waals surface area contributed by atoms with Crippen LogP contribution < -0.4 is 0 Å². The van der Waals surface area contributed by atoms with E-state index in [0.717, 1.165) is 17.0 Å². The number of ether oxygens (including phenoxy) is 1. The molecule has 1 aliphatic rings. The lowest BCUT2D eigenvalue weighted by Crippen LogP contribution is -2.33. The largest absolute Gasteiger partial charge is 0.444 e. The lowest BCUT2D eigenvalue weighted by molar-refractivity contribution is 0.0232. The van der Waals surface area contributed by atoms with Crippen LogP contribution in [0, 0.1) is 6.92 Å². The highest BCUT2D eigenvalue weighted by molar-refractivity contribution is 5.69. The summed E-state index contributed by atoms with van der Waals surface area (Å²) in [7, 11) is 0. The fourth-order valence-electron chi connectivity index (χ4n) is 2.32. The summed E-state index contributed by atoms with van der Waals surface area (Å²) in [5.74, 6) is 1.34.